The summed E-state index contributed by atoms with van der Waals surface area (Å²) in [6.07, 6.45) is 0. The molecule has 0 unspecified atom stereocenters. The molecule has 0 bridgehead atoms. The summed E-state index contributed by atoms with van der Waals surface area (Å²) in [6, 6.07) is 26.6. The predicted molar refractivity (Wildman–Crippen MR) is 91.9 cm³/mol. The molecular formula is C18H13LiO3PS. The van der Waals surface area contributed by atoms with Gasteiger partial charge in [0.25, 0.3) is 0 Å². The molecule has 0 saturated carbocycles. The molecule has 0 aromatic heterocycles. The molecule has 3 aromatic carbocycles. The van der Waals surface area contributed by atoms with Gasteiger partial charge in [0.15, 0.2) is 0 Å². The Labute approximate surface area is 155 Å². The van der Waals surface area contributed by atoms with E-state index in [4.69, 9.17) is 0 Å². The Bertz CT molecular complexity index is 860. The van der Waals surface area contributed by atoms with E-state index in [1.807, 2.05) is 60.7 Å². The molecule has 115 valence electrons. The molecule has 0 aliphatic heterocycles. The van der Waals surface area contributed by atoms with Crippen LogP contribution in [-0.4, -0.2) is 13.0 Å². The Morgan fingerprint density at radius 2 is 1.33 bits per heavy atom. The second-order valence-corrected chi connectivity index (χ2v) is 8.39. The van der Waals surface area contributed by atoms with Crippen molar-refractivity contribution >= 4 is 34.0 Å². The number of benzene rings is 3. The Morgan fingerprint density at radius 1 is 0.833 bits per heavy atom. The summed E-state index contributed by atoms with van der Waals surface area (Å²) in [5.74, 6) is 0. The molecule has 6 heteroatoms. The molecule has 0 saturated heterocycles. The van der Waals surface area contributed by atoms with E-state index >= 15 is 0 Å². The fourth-order valence-electron chi connectivity index (χ4n) is 2.37. The SMILES string of the molecule is O=S(=O)([O-])c1c[c]ccc1P(c1ccccc1)c1ccccc1.[Li+]. The molecule has 0 aliphatic rings. The minimum absolute atomic E-state index is 0. The van der Waals surface area contributed by atoms with Crippen molar-refractivity contribution < 1.29 is 31.8 Å². The predicted octanol–water partition coefficient (Wildman–Crippen LogP) is -0.847. The van der Waals surface area contributed by atoms with Crippen LogP contribution in [0.2, 0.25) is 0 Å². The zero-order chi connectivity index (χ0) is 16.3. The summed E-state index contributed by atoms with van der Waals surface area (Å²) in [5, 5.41) is 2.51. The van der Waals surface area contributed by atoms with Gasteiger partial charge < -0.3 is 4.55 Å². The fraction of sp³-hybridized carbons (Fsp3) is 0. The maximum Gasteiger partial charge on any atom is 1.00 e. The molecule has 3 rings (SSSR count). The van der Waals surface area contributed by atoms with Gasteiger partial charge in [0.05, 0.1) is 4.90 Å². The van der Waals surface area contributed by atoms with Crippen LogP contribution in [0.3, 0.4) is 0 Å². The third kappa shape index (κ3) is 4.16. The summed E-state index contributed by atoms with van der Waals surface area (Å²) in [5.41, 5.74) is 0. The van der Waals surface area contributed by atoms with Gasteiger partial charge in [0, 0.05) is 5.30 Å². The summed E-state index contributed by atoms with van der Waals surface area (Å²) in [4.78, 5) is -0.196. The topological polar surface area (TPSA) is 57.2 Å². The van der Waals surface area contributed by atoms with E-state index in [1.54, 1.807) is 12.1 Å². The molecule has 0 fully saturated rings. The first kappa shape index (κ1) is 18.9. The molecule has 0 heterocycles. The minimum Gasteiger partial charge on any atom is -0.744 e. The van der Waals surface area contributed by atoms with Crippen molar-refractivity contribution in [2.75, 3.05) is 0 Å². The van der Waals surface area contributed by atoms with Crippen LogP contribution in [0.25, 0.3) is 0 Å². The fourth-order valence-corrected chi connectivity index (χ4v) is 5.82. The van der Waals surface area contributed by atoms with E-state index in [2.05, 4.69) is 6.07 Å². The van der Waals surface area contributed by atoms with E-state index in [9.17, 15) is 13.0 Å². The molecule has 24 heavy (non-hydrogen) atoms. The zero-order valence-corrected chi connectivity index (χ0v) is 14.8. The monoisotopic (exact) mass is 347 g/mol. The van der Waals surface area contributed by atoms with Crippen molar-refractivity contribution in [1.29, 1.82) is 0 Å². The summed E-state index contributed by atoms with van der Waals surface area (Å²) < 4.78 is 35.0. The van der Waals surface area contributed by atoms with Crippen molar-refractivity contribution in [3.63, 3.8) is 0 Å². The largest absolute Gasteiger partial charge is 1.00 e. The van der Waals surface area contributed by atoms with Gasteiger partial charge in [-0.25, -0.2) is 8.42 Å². The smallest absolute Gasteiger partial charge is 0.744 e. The third-order valence-electron chi connectivity index (χ3n) is 3.34. The second kappa shape index (κ2) is 8.12. The number of rotatable bonds is 4. The van der Waals surface area contributed by atoms with Crippen molar-refractivity contribution in [3.05, 3.63) is 84.9 Å². The van der Waals surface area contributed by atoms with Crippen LogP contribution in [0.1, 0.15) is 0 Å². The van der Waals surface area contributed by atoms with Gasteiger partial charge in [-0.2, -0.15) is 0 Å². The molecule has 1 radical (unpaired) electrons. The van der Waals surface area contributed by atoms with Crippen LogP contribution in [0.4, 0.5) is 0 Å². The van der Waals surface area contributed by atoms with Crippen LogP contribution >= 0.6 is 7.92 Å². The average Bonchev–Trinajstić information content (AvgIpc) is 2.57. The zero-order valence-electron chi connectivity index (χ0n) is 13.1. The van der Waals surface area contributed by atoms with Crippen molar-refractivity contribution in [2.24, 2.45) is 0 Å². The molecule has 0 atom stereocenters. The minimum atomic E-state index is -4.56. The molecule has 0 spiro atoms. The Morgan fingerprint density at radius 3 is 1.79 bits per heavy atom. The van der Waals surface area contributed by atoms with Gasteiger partial charge in [0.2, 0.25) is 0 Å². The van der Waals surface area contributed by atoms with Crippen molar-refractivity contribution in [3.8, 4) is 0 Å². The normalized spacial score (nSPS) is 11.1. The summed E-state index contributed by atoms with van der Waals surface area (Å²) >= 11 is 0. The van der Waals surface area contributed by atoms with Gasteiger partial charge in [0.1, 0.15) is 10.1 Å². The maximum atomic E-state index is 11.7. The van der Waals surface area contributed by atoms with Gasteiger partial charge >= 0.3 is 18.9 Å². The first-order chi connectivity index (χ1) is 11.1. The summed E-state index contributed by atoms with van der Waals surface area (Å²) in [7, 11) is -5.69. The van der Waals surface area contributed by atoms with Crippen molar-refractivity contribution in [1.82, 2.24) is 0 Å². The quantitative estimate of drug-likeness (QED) is 0.351. The third-order valence-corrected chi connectivity index (χ3v) is 6.87. The molecule has 3 nitrogen and oxygen atoms in total. The number of hydrogen-bond acceptors (Lipinski definition) is 3. The van der Waals surface area contributed by atoms with Crippen LogP contribution < -0.4 is 34.8 Å². The molecule has 0 aliphatic carbocycles. The van der Waals surface area contributed by atoms with Crippen LogP contribution in [0.5, 0.6) is 0 Å². The van der Waals surface area contributed by atoms with Gasteiger partial charge in [-0.1, -0.05) is 72.8 Å². The van der Waals surface area contributed by atoms with Crippen molar-refractivity contribution in [2.45, 2.75) is 4.90 Å². The van der Waals surface area contributed by atoms with E-state index in [0.29, 0.717) is 5.30 Å². The van der Waals surface area contributed by atoms with Crippen LogP contribution in [-0.2, 0) is 10.1 Å². The molecule has 3 aromatic rings. The molecule has 0 N–H and O–H groups in total. The second-order valence-electron chi connectivity index (χ2n) is 4.85. The van der Waals surface area contributed by atoms with Gasteiger partial charge in [-0.05, 0) is 30.7 Å². The molecular weight excluding hydrogens is 334 g/mol. The van der Waals surface area contributed by atoms with Crippen LogP contribution in [0, 0.1) is 6.07 Å². The summed E-state index contributed by atoms with van der Waals surface area (Å²) in [6.45, 7) is 0. The standard InChI is InChI=1S/C18H14O3PS.Li/c19-23(20,21)18-14-8-7-13-17(18)22(15-9-3-1-4-10-15)16-11-5-2-6-12-16;/h1-7,9-14H,(H,19,20,21);/q;+1/p-1. The molecule has 0 amide bonds. The Hall–Kier alpha value is -1.40. The first-order valence-electron chi connectivity index (χ1n) is 6.93. The Kier molecular flexibility index (Phi) is 6.40. The van der Waals surface area contributed by atoms with E-state index in [-0.39, 0.29) is 23.8 Å². The number of hydrogen-bond donors (Lipinski definition) is 0. The Balaban J connectivity index is 0.00000208. The van der Waals surface area contributed by atoms with Crippen LogP contribution in [0.15, 0.2) is 83.8 Å². The van der Waals surface area contributed by atoms with E-state index < -0.39 is 18.0 Å². The van der Waals surface area contributed by atoms with Gasteiger partial charge in [-0.15, -0.1) is 0 Å². The maximum absolute atomic E-state index is 11.7. The van der Waals surface area contributed by atoms with E-state index in [0.717, 1.165) is 10.6 Å². The average molecular weight is 347 g/mol. The first-order valence-corrected chi connectivity index (χ1v) is 9.68. The van der Waals surface area contributed by atoms with E-state index in [1.165, 1.54) is 6.07 Å². The van der Waals surface area contributed by atoms with Gasteiger partial charge in [-0.3, -0.25) is 0 Å².